The van der Waals surface area contributed by atoms with Gasteiger partial charge in [0.25, 0.3) is 0 Å². The van der Waals surface area contributed by atoms with E-state index in [9.17, 15) is 0 Å². The molecule has 0 aliphatic carbocycles. The minimum absolute atomic E-state index is 0.200. The Morgan fingerprint density at radius 1 is 1.14 bits per heavy atom. The summed E-state index contributed by atoms with van der Waals surface area (Å²) in [6.45, 7) is 7.54. The van der Waals surface area contributed by atoms with E-state index < -0.39 is 11.6 Å². The Morgan fingerprint density at radius 3 is 2.67 bits per heavy atom. The number of ether oxygens (including phenoxy) is 4. The summed E-state index contributed by atoms with van der Waals surface area (Å²) in [5, 5.41) is 0. The predicted molar refractivity (Wildman–Crippen MR) is 79.9 cm³/mol. The predicted octanol–water partition coefficient (Wildman–Crippen LogP) is 3.55. The van der Waals surface area contributed by atoms with E-state index in [0.717, 1.165) is 38.7 Å². The summed E-state index contributed by atoms with van der Waals surface area (Å²) in [5.41, 5.74) is -0.200. The first kappa shape index (κ1) is 15.5. The van der Waals surface area contributed by atoms with Crippen molar-refractivity contribution in [3.8, 4) is 0 Å². The SMILES string of the molecule is CC1(CCC2CC=CC3(CCCCO3)O2)COC(C)(C)O1. The summed E-state index contributed by atoms with van der Waals surface area (Å²) < 4.78 is 23.9. The van der Waals surface area contributed by atoms with Crippen molar-refractivity contribution in [2.45, 2.75) is 82.6 Å². The van der Waals surface area contributed by atoms with Crippen LogP contribution in [-0.4, -0.2) is 36.5 Å². The molecule has 0 aromatic rings. The molecule has 4 heteroatoms. The second kappa shape index (κ2) is 5.65. The largest absolute Gasteiger partial charge is 0.348 e. The zero-order chi connectivity index (χ0) is 15.0. The first-order chi connectivity index (χ1) is 9.91. The van der Waals surface area contributed by atoms with Gasteiger partial charge in [0, 0.05) is 6.42 Å². The third kappa shape index (κ3) is 3.67. The van der Waals surface area contributed by atoms with Crippen LogP contribution in [0, 0.1) is 0 Å². The summed E-state index contributed by atoms with van der Waals surface area (Å²) in [4.78, 5) is 0. The molecule has 0 bridgehead atoms. The summed E-state index contributed by atoms with van der Waals surface area (Å²) in [7, 11) is 0. The molecule has 0 aromatic heterocycles. The monoisotopic (exact) mass is 296 g/mol. The van der Waals surface area contributed by atoms with Gasteiger partial charge in [-0.05, 0) is 59.0 Å². The molecule has 3 rings (SSSR count). The maximum Gasteiger partial charge on any atom is 0.188 e. The Bertz CT molecular complexity index is 398. The van der Waals surface area contributed by atoms with Crippen molar-refractivity contribution in [1.82, 2.24) is 0 Å². The lowest BCUT2D eigenvalue weighted by atomic mass is 9.95. The van der Waals surface area contributed by atoms with Gasteiger partial charge >= 0.3 is 0 Å². The topological polar surface area (TPSA) is 36.9 Å². The molecule has 4 nitrogen and oxygen atoms in total. The van der Waals surface area contributed by atoms with Gasteiger partial charge in [0.05, 0.1) is 24.9 Å². The van der Waals surface area contributed by atoms with E-state index in [4.69, 9.17) is 18.9 Å². The molecule has 0 amide bonds. The minimum Gasteiger partial charge on any atom is -0.348 e. The molecule has 3 unspecified atom stereocenters. The Morgan fingerprint density at radius 2 is 2.00 bits per heavy atom. The van der Waals surface area contributed by atoms with Crippen LogP contribution >= 0.6 is 0 Å². The van der Waals surface area contributed by atoms with E-state index in [2.05, 4.69) is 19.1 Å². The average molecular weight is 296 g/mol. The van der Waals surface area contributed by atoms with Crippen molar-refractivity contribution in [1.29, 1.82) is 0 Å². The lowest BCUT2D eigenvalue weighted by molar-refractivity contribution is -0.252. The average Bonchev–Trinajstić information content (AvgIpc) is 2.72. The van der Waals surface area contributed by atoms with Crippen molar-refractivity contribution >= 4 is 0 Å². The molecule has 0 N–H and O–H groups in total. The summed E-state index contributed by atoms with van der Waals surface area (Å²) in [6, 6.07) is 0. The molecule has 21 heavy (non-hydrogen) atoms. The Hall–Kier alpha value is -0.420. The maximum atomic E-state index is 6.27. The van der Waals surface area contributed by atoms with Gasteiger partial charge < -0.3 is 18.9 Å². The molecule has 2 saturated heterocycles. The van der Waals surface area contributed by atoms with Crippen LogP contribution < -0.4 is 0 Å². The van der Waals surface area contributed by atoms with E-state index >= 15 is 0 Å². The highest BCUT2D eigenvalue weighted by atomic mass is 16.8. The van der Waals surface area contributed by atoms with Crippen molar-refractivity contribution in [3.63, 3.8) is 0 Å². The molecule has 2 fully saturated rings. The lowest BCUT2D eigenvalue weighted by Crippen LogP contribution is -2.43. The highest BCUT2D eigenvalue weighted by molar-refractivity contribution is 5.03. The summed E-state index contributed by atoms with van der Waals surface area (Å²) >= 11 is 0. The molecule has 1 spiro atoms. The van der Waals surface area contributed by atoms with Gasteiger partial charge in [0.1, 0.15) is 0 Å². The van der Waals surface area contributed by atoms with Gasteiger partial charge in [-0.2, -0.15) is 0 Å². The van der Waals surface area contributed by atoms with Gasteiger partial charge in [-0.1, -0.05) is 6.08 Å². The lowest BCUT2D eigenvalue weighted by Gasteiger charge is -2.40. The highest BCUT2D eigenvalue weighted by Gasteiger charge is 2.43. The number of rotatable bonds is 3. The molecule has 3 heterocycles. The van der Waals surface area contributed by atoms with Crippen molar-refractivity contribution < 1.29 is 18.9 Å². The fraction of sp³-hybridized carbons (Fsp3) is 0.882. The van der Waals surface area contributed by atoms with Crippen LogP contribution in [0.25, 0.3) is 0 Å². The highest BCUT2D eigenvalue weighted by Crippen LogP contribution is 2.37. The van der Waals surface area contributed by atoms with Crippen molar-refractivity contribution in [2.24, 2.45) is 0 Å². The minimum atomic E-state index is -0.463. The van der Waals surface area contributed by atoms with Gasteiger partial charge in [-0.15, -0.1) is 0 Å². The normalized spacial score (nSPS) is 42.5. The summed E-state index contributed by atoms with van der Waals surface area (Å²) in [6.07, 6.45) is 10.7. The van der Waals surface area contributed by atoms with Crippen LogP contribution in [0.4, 0.5) is 0 Å². The van der Waals surface area contributed by atoms with E-state index in [1.807, 2.05) is 13.8 Å². The standard InChI is InChI=1S/C17H28O4/c1-15(2)19-13-16(3,21-15)11-8-14-7-6-10-17(20-14)9-4-5-12-18-17/h6,10,14H,4-5,7-9,11-13H2,1-3H3. The first-order valence-electron chi connectivity index (χ1n) is 8.24. The molecule has 120 valence electrons. The van der Waals surface area contributed by atoms with Crippen molar-refractivity contribution in [2.75, 3.05) is 13.2 Å². The molecule has 3 aliphatic heterocycles. The van der Waals surface area contributed by atoms with Gasteiger partial charge in [-0.25, -0.2) is 0 Å². The Labute approximate surface area is 127 Å². The van der Waals surface area contributed by atoms with Gasteiger partial charge in [-0.3, -0.25) is 0 Å². The second-order valence-corrected chi connectivity index (χ2v) is 7.27. The van der Waals surface area contributed by atoms with E-state index in [-0.39, 0.29) is 11.7 Å². The van der Waals surface area contributed by atoms with E-state index in [0.29, 0.717) is 6.61 Å². The van der Waals surface area contributed by atoms with Crippen molar-refractivity contribution in [3.05, 3.63) is 12.2 Å². The molecule has 0 saturated carbocycles. The zero-order valence-corrected chi connectivity index (χ0v) is 13.5. The van der Waals surface area contributed by atoms with Crippen LogP contribution in [0.3, 0.4) is 0 Å². The molecule has 3 atom stereocenters. The molecular formula is C17H28O4. The summed E-state index contributed by atoms with van der Waals surface area (Å²) in [5.74, 6) is -0.913. The number of hydrogen-bond donors (Lipinski definition) is 0. The van der Waals surface area contributed by atoms with Crippen LogP contribution in [0.15, 0.2) is 12.2 Å². The third-order valence-corrected chi connectivity index (χ3v) is 4.62. The first-order valence-corrected chi connectivity index (χ1v) is 8.24. The zero-order valence-electron chi connectivity index (χ0n) is 13.5. The van der Waals surface area contributed by atoms with E-state index in [1.165, 1.54) is 6.42 Å². The van der Waals surface area contributed by atoms with Crippen LogP contribution in [0.2, 0.25) is 0 Å². The maximum absolute atomic E-state index is 6.27. The molecule has 0 aromatic carbocycles. The van der Waals surface area contributed by atoms with Crippen LogP contribution in [-0.2, 0) is 18.9 Å². The second-order valence-electron chi connectivity index (χ2n) is 7.27. The smallest absolute Gasteiger partial charge is 0.188 e. The third-order valence-electron chi connectivity index (χ3n) is 4.62. The molecular weight excluding hydrogens is 268 g/mol. The molecule has 0 radical (unpaired) electrons. The Kier molecular flexibility index (Phi) is 4.17. The Balaban J connectivity index is 1.53. The van der Waals surface area contributed by atoms with Gasteiger partial charge in [0.15, 0.2) is 11.6 Å². The fourth-order valence-corrected chi connectivity index (χ4v) is 3.53. The van der Waals surface area contributed by atoms with Crippen LogP contribution in [0.1, 0.15) is 59.3 Å². The van der Waals surface area contributed by atoms with Crippen LogP contribution in [0.5, 0.6) is 0 Å². The quantitative estimate of drug-likeness (QED) is 0.746. The fourth-order valence-electron chi connectivity index (χ4n) is 3.53. The van der Waals surface area contributed by atoms with E-state index in [1.54, 1.807) is 0 Å². The molecule has 3 aliphatic rings. The number of hydrogen-bond acceptors (Lipinski definition) is 4. The van der Waals surface area contributed by atoms with Gasteiger partial charge in [0.2, 0.25) is 0 Å².